The van der Waals surface area contributed by atoms with Crippen LogP contribution in [0.25, 0.3) is 0 Å². The molecular formula is C13H11ClFN3O2. The van der Waals surface area contributed by atoms with Crippen LogP contribution in [0.5, 0.6) is 5.88 Å². The fraction of sp³-hybridized carbons (Fsp3) is 0.154. The summed E-state index contributed by atoms with van der Waals surface area (Å²) in [5.74, 6) is -1.13. The van der Waals surface area contributed by atoms with E-state index in [2.05, 4.69) is 15.3 Å². The number of anilines is 1. The second-order valence-corrected chi connectivity index (χ2v) is 4.38. The summed E-state index contributed by atoms with van der Waals surface area (Å²) in [7, 11) is 1.41. The average molecular weight is 296 g/mol. The average Bonchev–Trinajstić information content (AvgIpc) is 2.37. The summed E-state index contributed by atoms with van der Waals surface area (Å²) in [6.45, 7) is 1.73. The van der Waals surface area contributed by atoms with Crippen LogP contribution in [0.3, 0.4) is 0 Å². The molecule has 1 aromatic heterocycles. The maximum Gasteiger partial charge on any atom is 0.260 e. The number of rotatable bonds is 3. The molecule has 1 amide bonds. The minimum absolute atomic E-state index is 0.0562. The monoisotopic (exact) mass is 295 g/mol. The molecule has 0 fully saturated rings. The number of amides is 1. The molecule has 0 saturated carbocycles. The summed E-state index contributed by atoms with van der Waals surface area (Å²) in [6, 6.07) is 5.69. The van der Waals surface area contributed by atoms with Crippen molar-refractivity contribution in [1.82, 2.24) is 9.97 Å². The Hall–Kier alpha value is -2.21. The second-order valence-electron chi connectivity index (χ2n) is 3.99. The standard InChI is InChI=1S/C13H11ClFN3O2/c1-7-3-4-8(9(15)5-7)12(19)18-13-16-10(14)6-11(17-13)20-2/h3-6H,1-2H3,(H,16,17,18,19). The summed E-state index contributed by atoms with van der Waals surface area (Å²) in [4.78, 5) is 19.6. The molecule has 1 aromatic carbocycles. The van der Waals surface area contributed by atoms with Crippen molar-refractivity contribution in [2.24, 2.45) is 0 Å². The fourth-order valence-electron chi connectivity index (χ4n) is 1.53. The molecule has 0 radical (unpaired) electrons. The van der Waals surface area contributed by atoms with Gasteiger partial charge in [-0.15, -0.1) is 0 Å². The lowest BCUT2D eigenvalue weighted by molar-refractivity contribution is 0.102. The maximum atomic E-state index is 13.7. The SMILES string of the molecule is COc1cc(Cl)nc(NC(=O)c2ccc(C)cc2F)n1. The minimum Gasteiger partial charge on any atom is -0.481 e. The molecule has 0 atom stereocenters. The number of aromatic nitrogens is 2. The van der Waals surface area contributed by atoms with Crippen LogP contribution in [0.2, 0.25) is 5.15 Å². The van der Waals surface area contributed by atoms with Gasteiger partial charge in [0.2, 0.25) is 11.8 Å². The van der Waals surface area contributed by atoms with Crippen molar-refractivity contribution in [2.75, 3.05) is 12.4 Å². The number of halogens is 2. The van der Waals surface area contributed by atoms with Crippen molar-refractivity contribution in [3.05, 3.63) is 46.4 Å². The van der Waals surface area contributed by atoms with Gasteiger partial charge in [0.15, 0.2) is 0 Å². The Kier molecular flexibility index (Phi) is 4.14. The van der Waals surface area contributed by atoms with E-state index in [0.29, 0.717) is 0 Å². The Labute approximate surface area is 119 Å². The summed E-state index contributed by atoms with van der Waals surface area (Å²) in [5.41, 5.74) is 0.623. The van der Waals surface area contributed by atoms with E-state index in [4.69, 9.17) is 16.3 Å². The third-order valence-electron chi connectivity index (χ3n) is 2.48. The molecule has 20 heavy (non-hydrogen) atoms. The van der Waals surface area contributed by atoms with Crippen LogP contribution in [0.4, 0.5) is 10.3 Å². The first-order chi connectivity index (χ1) is 9.49. The molecule has 2 aromatic rings. The van der Waals surface area contributed by atoms with Gasteiger partial charge in [0.1, 0.15) is 11.0 Å². The molecule has 5 nitrogen and oxygen atoms in total. The van der Waals surface area contributed by atoms with Crippen molar-refractivity contribution in [2.45, 2.75) is 6.92 Å². The number of aryl methyl sites for hydroxylation is 1. The lowest BCUT2D eigenvalue weighted by atomic mass is 10.1. The number of nitrogens with one attached hydrogen (secondary N) is 1. The van der Waals surface area contributed by atoms with E-state index >= 15 is 0 Å². The lowest BCUT2D eigenvalue weighted by Gasteiger charge is -2.07. The van der Waals surface area contributed by atoms with Crippen molar-refractivity contribution < 1.29 is 13.9 Å². The van der Waals surface area contributed by atoms with E-state index in [1.54, 1.807) is 13.0 Å². The van der Waals surface area contributed by atoms with E-state index in [1.165, 1.54) is 25.3 Å². The summed E-state index contributed by atoms with van der Waals surface area (Å²) >= 11 is 5.75. The van der Waals surface area contributed by atoms with Gasteiger partial charge in [0, 0.05) is 6.07 Å². The number of nitrogens with zero attached hydrogens (tertiary/aromatic N) is 2. The molecular weight excluding hydrogens is 285 g/mol. The first kappa shape index (κ1) is 14.2. The van der Waals surface area contributed by atoms with Gasteiger partial charge in [0.25, 0.3) is 5.91 Å². The highest BCUT2D eigenvalue weighted by Gasteiger charge is 2.14. The molecule has 0 saturated heterocycles. The fourth-order valence-corrected chi connectivity index (χ4v) is 1.70. The molecule has 0 aliphatic carbocycles. The predicted octanol–water partition coefficient (Wildman–Crippen LogP) is 2.84. The quantitative estimate of drug-likeness (QED) is 0.884. The Morgan fingerprint density at radius 3 is 2.75 bits per heavy atom. The smallest absolute Gasteiger partial charge is 0.260 e. The number of ether oxygens (including phenoxy) is 1. The molecule has 0 aliphatic heterocycles. The second kappa shape index (κ2) is 5.83. The minimum atomic E-state index is -0.660. The van der Waals surface area contributed by atoms with E-state index in [0.717, 1.165) is 5.56 Å². The van der Waals surface area contributed by atoms with Crippen LogP contribution in [0, 0.1) is 12.7 Å². The maximum absolute atomic E-state index is 13.7. The Bertz CT molecular complexity index is 664. The highest BCUT2D eigenvalue weighted by atomic mass is 35.5. The zero-order valence-electron chi connectivity index (χ0n) is 10.8. The number of carbonyl (C=O) groups excluding carboxylic acids is 1. The predicted molar refractivity (Wildman–Crippen MR) is 72.7 cm³/mol. The van der Waals surface area contributed by atoms with E-state index < -0.39 is 11.7 Å². The van der Waals surface area contributed by atoms with E-state index in [1.807, 2.05) is 0 Å². The number of benzene rings is 1. The summed E-state index contributed by atoms with van der Waals surface area (Å²) in [6.07, 6.45) is 0. The number of methoxy groups -OCH3 is 1. The molecule has 7 heteroatoms. The summed E-state index contributed by atoms with van der Waals surface area (Å²) in [5, 5.41) is 2.48. The molecule has 0 aliphatic rings. The zero-order chi connectivity index (χ0) is 14.7. The first-order valence-electron chi connectivity index (χ1n) is 5.65. The molecule has 2 rings (SSSR count). The first-order valence-corrected chi connectivity index (χ1v) is 6.03. The number of hydrogen-bond acceptors (Lipinski definition) is 4. The van der Waals surface area contributed by atoms with Gasteiger partial charge in [-0.2, -0.15) is 4.98 Å². The van der Waals surface area contributed by atoms with Crippen LogP contribution in [-0.2, 0) is 0 Å². The molecule has 0 unspecified atom stereocenters. The number of carbonyl (C=O) groups is 1. The molecule has 1 N–H and O–H groups in total. The molecule has 104 valence electrons. The van der Waals surface area contributed by atoms with E-state index in [9.17, 15) is 9.18 Å². The van der Waals surface area contributed by atoms with Crippen molar-refractivity contribution >= 4 is 23.5 Å². The third kappa shape index (κ3) is 3.21. The Morgan fingerprint density at radius 2 is 2.10 bits per heavy atom. The largest absolute Gasteiger partial charge is 0.481 e. The van der Waals surface area contributed by atoms with Gasteiger partial charge in [-0.3, -0.25) is 10.1 Å². The van der Waals surface area contributed by atoms with Gasteiger partial charge in [-0.1, -0.05) is 17.7 Å². The number of hydrogen-bond donors (Lipinski definition) is 1. The molecule has 0 bridgehead atoms. The van der Waals surface area contributed by atoms with Crippen LogP contribution in [0.1, 0.15) is 15.9 Å². The van der Waals surface area contributed by atoms with E-state index in [-0.39, 0.29) is 22.5 Å². The lowest BCUT2D eigenvalue weighted by Crippen LogP contribution is -2.16. The topological polar surface area (TPSA) is 64.1 Å². The molecule has 0 spiro atoms. The van der Waals surface area contributed by atoms with Crippen LogP contribution in [-0.4, -0.2) is 23.0 Å². The van der Waals surface area contributed by atoms with Crippen LogP contribution >= 0.6 is 11.6 Å². The highest BCUT2D eigenvalue weighted by molar-refractivity contribution is 6.29. The van der Waals surface area contributed by atoms with Crippen LogP contribution in [0.15, 0.2) is 24.3 Å². The molecule has 1 heterocycles. The Morgan fingerprint density at radius 1 is 1.35 bits per heavy atom. The zero-order valence-corrected chi connectivity index (χ0v) is 11.5. The van der Waals surface area contributed by atoms with Gasteiger partial charge >= 0.3 is 0 Å². The van der Waals surface area contributed by atoms with Gasteiger partial charge < -0.3 is 4.74 Å². The summed E-state index contributed by atoms with van der Waals surface area (Å²) < 4.78 is 18.6. The normalized spacial score (nSPS) is 10.2. The van der Waals surface area contributed by atoms with Crippen molar-refractivity contribution in [1.29, 1.82) is 0 Å². The van der Waals surface area contributed by atoms with Gasteiger partial charge in [-0.05, 0) is 24.6 Å². The van der Waals surface area contributed by atoms with Crippen molar-refractivity contribution in [3.8, 4) is 5.88 Å². The third-order valence-corrected chi connectivity index (χ3v) is 2.67. The van der Waals surface area contributed by atoms with Crippen molar-refractivity contribution in [3.63, 3.8) is 0 Å². The highest BCUT2D eigenvalue weighted by Crippen LogP contribution is 2.17. The van der Waals surface area contributed by atoms with Gasteiger partial charge in [-0.25, -0.2) is 9.37 Å². The Balaban J connectivity index is 2.25. The van der Waals surface area contributed by atoms with Gasteiger partial charge in [0.05, 0.1) is 12.7 Å². The van der Waals surface area contributed by atoms with Crippen LogP contribution < -0.4 is 10.1 Å².